The highest BCUT2D eigenvalue weighted by molar-refractivity contribution is 9.10. The molecule has 0 fully saturated rings. The second kappa shape index (κ2) is 7.51. The summed E-state index contributed by atoms with van der Waals surface area (Å²) in [5.41, 5.74) is 0.961. The van der Waals surface area contributed by atoms with Crippen LogP contribution < -0.4 is 10.1 Å². The number of benzene rings is 3. The van der Waals surface area contributed by atoms with Gasteiger partial charge in [-0.2, -0.15) is 0 Å². The fourth-order valence-electron chi connectivity index (χ4n) is 2.14. The summed E-state index contributed by atoms with van der Waals surface area (Å²) < 4.78 is 6.63. The summed E-state index contributed by atoms with van der Waals surface area (Å²) in [7, 11) is 0. The van der Waals surface area contributed by atoms with E-state index >= 15 is 0 Å². The highest BCUT2D eigenvalue weighted by atomic mass is 79.9. The Morgan fingerprint density at radius 1 is 0.958 bits per heavy atom. The monoisotopic (exact) mass is 401 g/mol. The number of halogens is 2. The topological polar surface area (TPSA) is 38.3 Å². The van der Waals surface area contributed by atoms with E-state index < -0.39 is 0 Å². The Bertz CT molecular complexity index is 868. The molecule has 5 heteroatoms. The van der Waals surface area contributed by atoms with Crippen molar-refractivity contribution < 1.29 is 9.53 Å². The Morgan fingerprint density at radius 2 is 1.67 bits per heavy atom. The molecule has 0 heterocycles. The van der Waals surface area contributed by atoms with E-state index in [0.717, 1.165) is 4.47 Å². The van der Waals surface area contributed by atoms with Gasteiger partial charge in [0.15, 0.2) is 5.75 Å². The third-order valence-corrected chi connectivity index (χ3v) is 4.10. The van der Waals surface area contributed by atoms with Crippen LogP contribution in [0.15, 0.2) is 77.3 Å². The quantitative estimate of drug-likeness (QED) is 0.568. The first-order chi connectivity index (χ1) is 11.6. The lowest BCUT2D eigenvalue weighted by atomic mass is 10.2. The van der Waals surface area contributed by atoms with E-state index in [1.807, 2.05) is 42.5 Å². The molecule has 3 aromatic rings. The van der Waals surface area contributed by atoms with Crippen molar-refractivity contribution in [3.63, 3.8) is 0 Å². The molecule has 0 saturated heterocycles. The number of para-hydroxylation sites is 3. The van der Waals surface area contributed by atoms with Gasteiger partial charge in [-0.25, -0.2) is 0 Å². The fraction of sp³-hybridized carbons (Fsp3) is 0. The maximum absolute atomic E-state index is 12.5. The number of amides is 1. The van der Waals surface area contributed by atoms with E-state index in [1.54, 1.807) is 30.3 Å². The lowest BCUT2D eigenvalue weighted by Gasteiger charge is -2.13. The predicted molar refractivity (Wildman–Crippen MR) is 100 cm³/mol. The van der Waals surface area contributed by atoms with Crippen LogP contribution in [-0.2, 0) is 0 Å². The van der Waals surface area contributed by atoms with Crippen LogP contribution in [0.4, 0.5) is 5.69 Å². The van der Waals surface area contributed by atoms with Crippen molar-refractivity contribution in [2.75, 3.05) is 5.32 Å². The Balaban J connectivity index is 1.85. The smallest absolute Gasteiger partial charge is 0.257 e. The van der Waals surface area contributed by atoms with Crippen molar-refractivity contribution in [3.8, 4) is 11.5 Å². The van der Waals surface area contributed by atoms with Gasteiger partial charge in [-0.05, 0) is 42.5 Å². The molecule has 3 nitrogen and oxygen atoms in total. The van der Waals surface area contributed by atoms with E-state index in [4.69, 9.17) is 16.3 Å². The average Bonchev–Trinajstić information content (AvgIpc) is 2.59. The van der Waals surface area contributed by atoms with Crippen LogP contribution in [0.3, 0.4) is 0 Å². The predicted octanol–water partition coefficient (Wildman–Crippen LogP) is 6.15. The fourth-order valence-corrected chi connectivity index (χ4v) is 2.70. The van der Waals surface area contributed by atoms with Crippen molar-refractivity contribution in [2.45, 2.75) is 0 Å². The van der Waals surface area contributed by atoms with Crippen LogP contribution in [-0.4, -0.2) is 5.91 Å². The van der Waals surface area contributed by atoms with E-state index in [2.05, 4.69) is 21.2 Å². The number of hydrogen-bond acceptors (Lipinski definition) is 2. The molecule has 3 aromatic carbocycles. The van der Waals surface area contributed by atoms with E-state index in [9.17, 15) is 4.79 Å². The molecule has 0 aliphatic rings. The SMILES string of the molecule is O=C(Nc1ccccc1Oc1ccccc1)c1cc(Br)ccc1Cl. The second-order valence-electron chi connectivity index (χ2n) is 4.99. The lowest BCUT2D eigenvalue weighted by Crippen LogP contribution is -2.13. The Labute approximate surface area is 153 Å². The Morgan fingerprint density at radius 3 is 2.46 bits per heavy atom. The molecule has 0 atom stereocenters. The zero-order valence-corrected chi connectivity index (χ0v) is 14.8. The van der Waals surface area contributed by atoms with Crippen molar-refractivity contribution in [3.05, 3.63) is 87.9 Å². The number of anilines is 1. The van der Waals surface area contributed by atoms with Crippen LogP contribution in [0.25, 0.3) is 0 Å². The third-order valence-electron chi connectivity index (χ3n) is 3.28. The number of ether oxygens (including phenoxy) is 1. The maximum atomic E-state index is 12.5. The highest BCUT2D eigenvalue weighted by Crippen LogP contribution is 2.30. The first-order valence-corrected chi connectivity index (χ1v) is 8.39. The van der Waals surface area contributed by atoms with Gasteiger partial charge in [0.1, 0.15) is 5.75 Å². The molecular formula is C19H13BrClNO2. The molecule has 0 bridgehead atoms. The maximum Gasteiger partial charge on any atom is 0.257 e. The van der Waals surface area contributed by atoms with Gasteiger partial charge < -0.3 is 10.1 Å². The molecule has 1 N–H and O–H groups in total. The molecule has 3 rings (SSSR count). The van der Waals surface area contributed by atoms with Crippen LogP contribution in [0.1, 0.15) is 10.4 Å². The van der Waals surface area contributed by atoms with Gasteiger partial charge in [0, 0.05) is 4.47 Å². The number of carbonyl (C=O) groups is 1. The first kappa shape index (κ1) is 16.6. The zero-order chi connectivity index (χ0) is 16.9. The largest absolute Gasteiger partial charge is 0.455 e. The van der Waals surface area contributed by atoms with Crippen molar-refractivity contribution in [1.82, 2.24) is 0 Å². The Kier molecular flexibility index (Phi) is 5.18. The summed E-state index contributed by atoms with van der Waals surface area (Å²) in [6.07, 6.45) is 0. The molecule has 0 aliphatic carbocycles. The molecule has 1 amide bonds. The van der Waals surface area contributed by atoms with Crippen LogP contribution in [0, 0.1) is 0 Å². The van der Waals surface area contributed by atoms with Gasteiger partial charge in [0.05, 0.1) is 16.3 Å². The van der Waals surface area contributed by atoms with Crippen LogP contribution >= 0.6 is 27.5 Å². The van der Waals surface area contributed by atoms with Crippen LogP contribution in [0.2, 0.25) is 5.02 Å². The normalized spacial score (nSPS) is 10.2. The molecule has 0 spiro atoms. The molecular weight excluding hydrogens is 390 g/mol. The molecule has 0 aliphatic heterocycles. The van der Waals surface area contributed by atoms with Crippen molar-refractivity contribution >= 4 is 39.1 Å². The van der Waals surface area contributed by atoms with Crippen molar-refractivity contribution in [2.24, 2.45) is 0 Å². The van der Waals surface area contributed by atoms with Gasteiger partial charge in [-0.3, -0.25) is 4.79 Å². The van der Waals surface area contributed by atoms with E-state index in [0.29, 0.717) is 27.8 Å². The minimum Gasteiger partial charge on any atom is -0.455 e. The van der Waals surface area contributed by atoms with Crippen LogP contribution in [0.5, 0.6) is 11.5 Å². The van der Waals surface area contributed by atoms with Gasteiger partial charge in [0.2, 0.25) is 0 Å². The summed E-state index contributed by atoms with van der Waals surface area (Å²) in [6, 6.07) is 21.8. The second-order valence-corrected chi connectivity index (χ2v) is 6.31. The summed E-state index contributed by atoms with van der Waals surface area (Å²) in [5.74, 6) is 0.952. The molecule has 0 radical (unpaired) electrons. The third kappa shape index (κ3) is 3.96. The summed E-state index contributed by atoms with van der Waals surface area (Å²) in [6.45, 7) is 0. The average molecular weight is 403 g/mol. The zero-order valence-electron chi connectivity index (χ0n) is 12.5. The first-order valence-electron chi connectivity index (χ1n) is 7.22. The molecule has 0 saturated carbocycles. The number of rotatable bonds is 4. The van der Waals surface area contributed by atoms with Gasteiger partial charge in [0.25, 0.3) is 5.91 Å². The summed E-state index contributed by atoms with van der Waals surface area (Å²) >= 11 is 9.46. The van der Waals surface area contributed by atoms with Crippen molar-refractivity contribution in [1.29, 1.82) is 0 Å². The lowest BCUT2D eigenvalue weighted by molar-refractivity contribution is 0.102. The molecule has 0 unspecified atom stereocenters. The molecule has 120 valence electrons. The van der Waals surface area contributed by atoms with Gasteiger partial charge in [-0.15, -0.1) is 0 Å². The van der Waals surface area contributed by atoms with Gasteiger partial charge >= 0.3 is 0 Å². The number of hydrogen-bond donors (Lipinski definition) is 1. The van der Waals surface area contributed by atoms with Gasteiger partial charge in [-0.1, -0.05) is 57.9 Å². The minimum absolute atomic E-state index is 0.301. The van der Waals surface area contributed by atoms with E-state index in [-0.39, 0.29) is 5.91 Å². The number of nitrogens with one attached hydrogen (secondary N) is 1. The molecule has 24 heavy (non-hydrogen) atoms. The minimum atomic E-state index is -0.301. The van der Waals surface area contributed by atoms with E-state index in [1.165, 1.54) is 0 Å². The summed E-state index contributed by atoms with van der Waals surface area (Å²) in [4.78, 5) is 12.5. The highest BCUT2D eigenvalue weighted by Gasteiger charge is 2.13. The Hall–Kier alpha value is -2.30. The standard InChI is InChI=1S/C19H13BrClNO2/c20-13-10-11-16(21)15(12-13)19(23)22-17-8-4-5-9-18(17)24-14-6-2-1-3-7-14/h1-12H,(H,22,23). The number of carbonyl (C=O) groups excluding carboxylic acids is 1. The summed E-state index contributed by atoms with van der Waals surface area (Å²) in [5, 5.41) is 3.23. The molecule has 0 aromatic heterocycles.